The summed E-state index contributed by atoms with van der Waals surface area (Å²) in [5.41, 5.74) is 3.97. The van der Waals surface area contributed by atoms with Gasteiger partial charge in [0.1, 0.15) is 11.5 Å². The summed E-state index contributed by atoms with van der Waals surface area (Å²) in [5.74, 6) is 3.12. The lowest BCUT2D eigenvalue weighted by Gasteiger charge is -2.41. The van der Waals surface area contributed by atoms with Crippen molar-refractivity contribution >= 4 is 11.5 Å². The van der Waals surface area contributed by atoms with E-state index >= 15 is 0 Å². The number of hydrogen-bond acceptors (Lipinski definition) is 3. The molecule has 3 aliphatic rings. The van der Waals surface area contributed by atoms with Crippen LogP contribution in [0.15, 0.2) is 48.5 Å². The molecule has 1 saturated heterocycles. The number of carbonyl (C=O) groups is 1. The zero-order valence-corrected chi connectivity index (χ0v) is 18.3. The van der Waals surface area contributed by atoms with Crippen LogP contribution in [-0.4, -0.2) is 25.5 Å². The maximum Gasteiger partial charge on any atom is 0.139 e. The Labute approximate surface area is 180 Å². The Hall–Kier alpha value is -2.29. The molecule has 30 heavy (non-hydrogen) atoms. The lowest BCUT2D eigenvalue weighted by molar-refractivity contribution is -0.123. The van der Waals surface area contributed by atoms with Crippen molar-refractivity contribution in [3.05, 3.63) is 59.7 Å². The largest absolute Gasteiger partial charge is 0.493 e. The number of carbonyl (C=O) groups excluding carboxylic acids is 1. The fraction of sp³-hybridized carbons (Fsp3) is 0.519. The number of ketones is 1. The lowest BCUT2D eigenvalue weighted by atomic mass is 9.86. The smallest absolute Gasteiger partial charge is 0.139 e. The van der Waals surface area contributed by atoms with Gasteiger partial charge in [0.2, 0.25) is 0 Å². The van der Waals surface area contributed by atoms with E-state index in [2.05, 4.69) is 67.3 Å². The highest BCUT2D eigenvalue weighted by molar-refractivity contribution is 5.87. The van der Waals surface area contributed by atoms with Gasteiger partial charge >= 0.3 is 0 Å². The molecule has 1 aliphatic heterocycles. The monoisotopic (exact) mass is 403 g/mol. The van der Waals surface area contributed by atoms with Gasteiger partial charge in [-0.25, -0.2) is 0 Å². The fourth-order valence-corrected chi connectivity index (χ4v) is 4.36. The molecule has 2 aromatic carbocycles. The van der Waals surface area contributed by atoms with Crippen molar-refractivity contribution in [1.82, 2.24) is 0 Å². The van der Waals surface area contributed by atoms with Gasteiger partial charge in [0.25, 0.3) is 0 Å². The quantitative estimate of drug-likeness (QED) is 0.519. The number of ether oxygens (including phenoxy) is 1. The van der Waals surface area contributed by atoms with Crippen LogP contribution >= 0.6 is 0 Å². The van der Waals surface area contributed by atoms with E-state index in [1.165, 1.54) is 29.7 Å². The normalized spacial score (nSPS) is 21.1. The van der Waals surface area contributed by atoms with Crippen LogP contribution in [0.4, 0.5) is 5.69 Å². The summed E-state index contributed by atoms with van der Waals surface area (Å²) in [4.78, 5) is 14.8. The molecule has 2 aliphatic carbocycles. The maximum absolute atomic E-state index is 12.4. The lowest BCUT2D eigenvalue weighted by Crippen LogP contribution is -2.45. The van der Waals surface area contributed by atoms with Gasteiger partial charge < -0.3 is 9.64 Å². The average Bonchev–Trinajstić information content (AvgIpc) is 3.64. The van der Waals surface area contributed by atoms with Crippen molar-refractivity contribution in [2.24, 2.45) is 11.3 Å². The van der Waals surface area contributed by atoms with Gasteiger partial charge in [0.05, 0.1) is 6.61 Å². The Kier molecular flexibility index (Phi) is 5.08. The number of Topliss-reactive ketones (excluding diaryl/α,β-unsaturated/α-hetero) is 1. The topological polar surface area (TPSA) is 29.5 Å². The van der Waals surface area contributed by atoms with Crippen molar-refractivity contribution in [2.75, 3.05) is 24.6 Å². The number of nitrogens with zero attached hydrogens (tertiary/aromatic N) is 1. The van der Waals surface area contributed by atoms with Gasteiger partial charge in [-0.3, -0.25) is 4.79 Å². The van der Waals surface area contributed by atoms with Crippen molar-refractivity contribution < 1.29 is 9.53 Å². The minimum atomic E-state index is -0.00880. The molecule has 0 amide bonds. The van der Waals surface area contributed by atoms with E-state index in [1.807, 2.05) is 0 Å². The molecule has 1 heterocycles. The van der Waals surface area contributed by atoms with Gasteiger partial charge in [-0.05, 0) is 72.9 Å². The van der Waals surface area contributed by atoms with E-state index < -0.39 is 0 Å². The van der Waals surface area contributed by atoms with E-state index in [4.69, 9.17) is 4.74 Å². The second-order valence-corrected chi connectivity index (χ2v) is 10.1. The molecule has 2 aromatic rings. The Morgan fingerprint density at radius 3 is 2.33 bits per heavy atom. The molecular weight excluding hydrogens is 370 g/mol. The first-order valence-corrected chi connectivity index (χ1v) is 11.6. The van der Waals surface area contributed by atoms with Crippen molar-refractivity contribution in [3.63, 3.8) is 0 Å². The average molecular weight is 404 g/mol. The molecular formula is C27H33NO2. The third kappa shape index (κ3) is 4.26. The highest BCUT2D eigenvalue weighted by Crippen LogP contribution is 2.47. The van der Waals surface area contributed by atoms with Crippen LogP contribution in [0.3, 0.4) is 0 Å². The predicted octanol–water partition coefficient (Wildman–Crippen LogP) is 5.94. The minimum Gasteiger partial charge on any atom is -0.493 e. The second-order valence-electron chi connectivity index (χ2n) is 10.1. The first-order valence-electron chi connectivity index (χ1n) is 11.6. The van der Waals surface area contributed by atoms with Crippen molar-refractivity contribution in [1.29, 1.82) is 0 Å². The molecule has 0 radical (unpaired) electrons. The summed E-state index contributed by atoms with van der Waals surface area (Å²) in [6, 6.07) is 17.6. The van der Waals surface area contributed by atoms with E-state index in [9.17, 15) is 4.79 Å². The Balaban J connectivity index is 1.12. The van der Waals surface area contributed by atoms with Crippen LogP contribution < -0.4 is 9.64 Å². The Bertz CT molecular complexity index is 887. The van der Waals surface area contributed by atoms with E-state index in [0.717, 1.165) is 44.2 Å². The SMILES string of the molecule is C[C@H](CC(=O)C1(C)CC1)c1ccc(C2CN(c3ccc(OCC4CC4)cc3)C2)cc1. The van der Waals surface area contributed by atoms with E-state index in [-0.39, 0.29) is 5.41 Å². The summed E-state index contributed by atoms with van der Waals surface area (Å²) < 4.78 is 5.84. The van der Waals surface area contributed by atoms with Crippen LogP contribution in [-0.2, 0) is 4.79 Å². The second kappa shape index (κ2) is 7.76. The molecule has 2 saturated carbocycles. The summed E-state index contributed by atoms with van der Waals surface area (Å²) in [6.45, 7) is 7.29. The molecule has 158 valence electrons. The molecule has 3 nitrogen and oxygen atoms in total. The highest BCUT2D eigenvalue weighted by atomic mass is 16.5. The molecule has 0 unspecified atom stereocenters. The van der Waals surface area contributed by atoms with Gasteiger partial charge in [-0.2, -0.15) is 0 Å². The van der Waals surface area contributed by atoms with Crippen LogP contribution in [0.2, 0.25) is 0 Å². The van der Waals surface area contributed by atoms with Gasteiger partial charge in [-0.1, -0.05) is 38.1 Å². The summed E-state index contributed by atoms with van der Waals surface area (Å²) in [6.07, 6.45) is 5.47. The van der Waals surface area contributed by atoms with Crippen LogP contribution in [0.5, 0.6) is 5.75 Å². The van der Waals surface area contributed by atoms with E-state index in [0.29, 0.717) is 24.0 Å². The minimum absolute atomic E-state index is 0.00880. The molecule has 1 atom stereocenters. The van der Waals surface area contributed by atoms with Crippen molar-refractivity contribution in [2.45, 2.75) is 57.8 Å². The van der Waals surface area contributed by atoms with Crippen LogP contribution in [0, 0.1) is 11.3 Å². The third-order valence-corrected chi connectivity index (χ3v) is 7.41. The third-order valence-electron chi connectivity index (χ3n) is 7.41. The predicted molar refractivity (Wildman–Crippen MR) is 121 cm³/mol. The molecule has 3 fully saturated rings. The number of rotatable bonds is 9. The first kappa shape index (κ1) is 19.7. The Morgan fingerprint density at radius 1 is 1.07 bits per heavy atom. The van der Waals surface area contributed by atoms with E-state index in [1.54, 1.807) is 0 Å². The molecule has 0 bridgehead atoms. The zero-order valence-electron chi connectivity index (χ0n) is 18.3. The maximum atomic E-state index is 12.4. The summed E-state index contributed by atoms with van der Waals surface area (Å²) in [5, 5.41) is 0. The molecule has 3 heteroatoms. The van der Waals surface area contributed by atoms with Gasteiger partial charge in [0, 0.05) is 36.5 Å². The summed E-state index contributed by atoms with van der Waals surface area (Å²) in [7, 11) is 0. The first-order chi connectivity index (χ1) is 14.5. The molecule has 0 aromatic heterocycles. The van der Waals surface area contributed by atoms with Crippen LogP contribution in [0.1, 0.15) is 68.9 Å². The fourth-order valence-electron chi connectivity index (χ4n) is 4.36. The van der Waals surface area contributed by atoms with Gasteiger partial charge in [0.15, 0.2) is 0 Å². The Morgan fingerprint density at radius 2 is 1.73 bits per heavy atom. The highest BCUT2D eigenvalue weighted by Gasteiger charge is 2.44. The van der Waals surface area contributed by atoms with Crippen molar-refractivity contribution in [3.8, 4) is 5.75 Å². The summed E-state index contributed by atoms with van der Waals surface area (Å²) >= 11 is 0. The van der Waals surface area contributed by atoms with Gasteiger partial charge in [-0.15, -0.1) is 0 Å². The number of benzene rings is 2. The number of hydrogen-bond donors (Lipinski definition) is 0. The standard InChI is InChI=1S/C27H33NO2/c1-19(15-26(29)27(2)13-14-27)21-5-7-22(8-6-21)23-16-28(17-23)24-9-11-25(12-10-24)30-18-20-3-4-20/h5-12,19-20,23H,3-4,13-18H2,1-2H3/t19-/m1/s1. The molecule has 5 rings (SSSR count). The molecule has 0 N–H and O–H groups in total. The number of anilines is 1. The molecule has 0 spiro atoms. The zero-order chi connectivity index (χ0) is 20.7. The van der Waals surface area contributed by atoms with Crippen LogP contribution in [0.25, 0.3) is 0 Å².